The molecule has 0 aliphatic heterocycles. The lowest BCUT2D eigenvalue weighted by Gasteiger charge is -2.00. The first-order valence-corrected chi connectivity index (χ1v) is 3.38. The summed E-state index contributed by atoms with van der Waals surface area (Å²) in [5.41, 5.74) is 0.360. The molecule has 0 aromatic carbocycles. The number of nitrogens with one attached hydrogen (secondary N) is 1. The van der Waals surface area contributed by atoms with Crippen LogP contribution in [-0.4, -0.2) is 17.9 Å². The van der Waals surface area contributed by atoms with Crippen molar-refractivity contribution in [3.63, 3.8) is 0 Å². The zero-order chi connectivity index (χ0) is 8.97. The van der Waals surface area contributed by atoms with Crippen molar-refractivity contribution < 1.29 is 9.53 Å². The molecule has 0 bridgehead atoms. The summed E-state index contributed by atoms with van der Waals surface area (Å²) in [6.07, 6.45) is 1.44. The van der Waals surface area contributed by atoms with Gasteiger partial charge in [0.2, 0.25) is 0 Å². The molecule has 0 saturated heterocycles. The zero-order valence-corrected chi connectivity index (χ0v) is 6.70. The number of hydrogen-bond acceptors (Lipinski definition) is 3. The molecule has 4 nitrogen and oxygen atoms in total. The highest BCUT2D eigenvalue weighted by Crippen LogP contribution is 2.07. The molecule has 4 heteroatoms. The van der Waals surface area contributed by atoms with Gasteiger partial charge in [-0.3, -0.25) is 4.79 Å². The van der Waals surface area contributed by atoms with E-state index in [0.717, 1.165) is 0 Å². The summed E-state index contributed by atoms with van der Waals surface area (Å²) in [4.78, 5) is 14.8. The molecule has 1 amide bonds. The number of carbonyl (C=O) groups excluding carboxylic acids is 1. The fourth-order valence-electron chi connectivity index (χ4n) is 0.728. The van der Waals surface area contributed by atoms with Crippen LogP contribution in [0.15, 0.2) is 18.3 Å². The highest BCUT2D eigenvalue weighted by atomic mass is 16.5. The summed E-state index contributed by atoms with van der Waals surface area (Å²) >= 11 is 0. The Hall–Kier alpha value is -1.58. The van der Waals surface area contributed by atoms with Crippen molar-refractivity contribution in [2.24, 2.45) is 0 Å². The standard InChI is InChI=1S/C8H9N2O2/c1-9-8(11)7-4-3-6(12-2)5-10-7/h3-5H,2H2,1H3,(H,9,11). The number of ether oxygens (including phenoxy) is 1. The quantitative estimate of drug-likeness (QED) is 0.698. The van der Waals surface area contributed by atoms with Crippen LogP contribution >= 0.6 is 0 Å². The van der Waals surface area contributed by atoms with Crippen molar-refractivity contribution >= 4 is 5.91 Å². The lowest BCUT2D eigenvalue weighted by atomic mass is 10.3. The SMILES string of the molecule is [CH2]Oc1ccc(C(=O)NC)nc1. The number of aromatic nitrogens is 1. The second kappa shape index (κ2) is 3.71. The Balaban J connectivity index is 2.84. The summed E-state index contributed by atoms with van der Waals surface area (Å²) in [6, 6.07) is 3.20. The van der Waals surface area contributed by atoms with Gasteiger partial charge in [0.15, 0.2) is 0 Å². The highest BCUT2D eigenvalue weighted by molar-refractivity contribution is 5.91. The molecule has 0 atom stereocenters. The van der Waals surface area contributed by atoms with Crippen molar-refractivity contribution in [2.45, 2.75) is 0 Å². The van der Waals surface area contributed by atoms with E-state index < -0.39 is 0 Å². The Morgan fingerprint density at radius 1 is 1.67 bits per heavy atom. The Labute approximate surface area is 70.6 Å². The third kappa shape index (κ3) is 1.72. The Kier molecular flexibility index (Phi) is 2.63. The van der Waals surface area contributed by atoms with Crippen LogP contribution in [0.25, 0.3) is 0 Å². The summed E-state index contributed by atoms with van der Waals surface area (Å²) in [5.74, 6) is 0.313. The predicted octanol–water partition coefficient (Wildman–Crippen LogP) is 0.612. The van der Waals surface area contributed by atoms with Crippen molar-refractivity contribution in [1.29, 1.82) is 0 Å². The van der Waals surface area contributed by atoms with Crippen molar-refractivity contribution in [3.05, 3.63) is 31.1 Å². The first kappa shape index (κ1) is 8.52. The van der Waals surface area contributed by atoms with Crippen molar-refractivity contribution in [3.8, 4) is 5.75 Å². The summed E-state index contributed by atoms with van der Waals surface area (Å²) in [6.45, 7) is 0. The van der Waals surface area contributed by atoms with Gasteiger partial charge in [0.05, 0.1) is 6.20 Å². The molecule has 1 N–H and O–H groups in total. The second-order valence-electron chi connectivity index (χ2n) is 2.10. The Morgan fingerprint density at radius 2 is 2.42 bits per heavy atom. The van der Waals surface area contributed by atoms with Crippen LogP contribution in [0.2, 0.25) is 0 Å². The van der Waals surface area contributed by atoms with E-state index in [9.17, 15) is 4.79 Å². The number of hydrogen-bond donors (Lipinski definition) is 1. The van der Waals surface area contributed by atoms with Gasteiger partial charge < -0.3 is 10.1 Å². The number of pyridine rings is 1. The maximum absolute atomic E-state index is 11.0. The summed E-state index contributed by atoms with van der Waals surface area (Å²) < 4.78 is 4.64. The first-order valence-electron chi connectivity index (χ1n) is 3.38. The highest BCUT2D eigenvalue weighted by Gasteiger charge is 2.03. The molecule has 1 aromatic heterocycles. The first-order chi connectivity index (χ1) is 5.77. The Bertz CT molecular complexity index is 269. The molecule has 0 unspecified atom stereocenters. The van der Waals surface area contributed by atoms with Gasteiger partial charge in [-0.05, 0) is 12.1 Å². The van der Waals surface area contributed by atoms with Gasteiger partial charge in [-0.25, -0.2) is 4.98 Å². The molecule has 1 radical (unpaired) electrons. The molecule has 0 saturated carbocycles. The fraction of sp³-hybridized carbons (Fsp3) is 0.125. The number of amides is 1. The van der Waals surface area contributed by atoms with E-state index in [-0.39, 0.29) is 5.91 Å². The van der Waals surface area contributed by atoms with E-state index in [4.69, 9.17) is 0 Å². The second-order valence-corrected chi connectivity index (χ2v) is 2.10. The van der Waals surface area contributed by atoms with E-state index in [1.807, 2.05) is 0 Å². The molecular weight excluding hydrogens is 156 g/mol. The van der Waals surface area contributed by atoms with Crippen LogP contribution < -0.4 is 10.1 Å². The van der Waals surface area contributed by atoms with Crippen LogP contribution in [0.3, 0.4) is 0 Å². The average molecular weight is 165 g/mol. The monoisotopic (exact) mass is 165 g/mol. The molecular formula is C8H9N2O2. The fourth-order valence-corrected chi connectivity index (χ4v) is 0.728. The minimum Gasteiger partial charge on any atom is -0.488 e. The van der Waals surface area contributed by atoms with Gasteiger partial charge in [0.25, 0.3) is 5.91 Å². The molecule has 12 heavy (non-hydrogen) atoms. The van der Waals surface area contributed by atoms with Crippen LogP contribution in [0.1, 0.15) is 10.5 Å². The third-order valence-corrected chi connectivity index (χ3v) is 1.36. The lowest BCUT2D eigenvalue weighted by Crippen LogP contribution is -2.18. The van der Waals surface area contributed by atoms with E-state index >= 15 is 0 Å². The van der Waals surface area contributed by atoms with Crippen LogP contribution in [0.4, 0.5) is 0 Å². The van der Waals surface area contributed by atoms with E-state index in [0.29, 0.717) is 11.4 Å². The molecule has 1 aromatic rings. The maximum Gasteiger partial charge on any atom is 0.269 e. The predicted molar refractivity (Wildman–Crippen MR) is 43.6 cm³/mol. The van der Waals surface area contributed by atoms with E-state index in [1.165, 1.54) is 6.20 Å². The minimum absolute atomic E-state index is 0.217. The molecule has 1 rings (SSSR count). The van der Waals surface area contributed by atoms with Crippen LogP contribution in [0.5, 0.6) is 5.75 Å². The normalized spacial score (nSPS) is 9.17. The van der Waals surface area contributed by atoms with Gasteiger partial charge in [-0.1, -0.05) is 0 Å². The van der Waals surface area contributed by atoms with Crippen molar-refractivity contribution in [1.82, 2.24) is 10.3 Å². The molecule has 63 valence electrons. The lowest BCUT2D eigenvalue weighted by molar-refractivity contribution is 0.0958. The van der Waals surface area contributed by atoms with Gasteiger partial charge in [-0.2, -0.15) is 0 Å². The van der Waals surface area contributed by atoms with Gasteiger partial charge in [-0.15, -0.1) is 0 Å². The minimum atomic E-state index is -0.217. The van der Waals surface area contributed by atoms with Crippen LogP contribution in [0, 0.1) is 7.11 Å². The van der Waals surface area contributed by atoms with Gasteiger partial charge in [0, 0.05) is 7.05 Å². The topological polar surface area (TPSA) is 51.2 Å². The number of carbonyl (C=O) groups is 1. The summed E-state index contributed by atoms with van der Waals surface area (Å²) in [5, 5.41) is 2.46. The summed E-state index contributed by atoms with van der Waals surface area (Å²) in [7, 11) is 4.76. The van der Waals surface area contributed by atoms with Crippen LogP contribution in [-0.2, 0) is 0 Å². The maximum atomic E-state index is 11.0. The number of nitrogens with zero attached hydrogens (tertiary/aromatic N) is 1. The molecule has 0 aliphatic rings. The molecule has 1 heterocycles. The largest absolute Gasteiger partial charge is 0.488 e. The van der Waals surface area contributed by atoms with Gasteiger partial charge >= 0.3 is 0 Å². The van der Waals surface area contributed by atoms with Crippen molar-refractivity contribution in [2.75, 3.05) is 7.05 Å². The molecule has 0 aliphatic carbocycles. The molecule has 0 spiro atoms. The smallest absolute Gasteiger partial charge is 0.269 e. The third-order valence-electron chi connectivity index (χ3n) is 1.36. The molecule has 0 fully saturated rings. The van der Waals surface area contributed by atoms with E-state index in [1.54, 1.807) is 19.2 Å². The van der Waals surface area contributed by atoms with Gasteiger partial charge in [0.1, 0.15) is 18.6 Å². The van der Waals surface area contributed by atoms with E-state index in [2.05, 4.69) is 22.1 Å². The zero-order valence-electron chi connectivity index (χ0n) is 6.70. The average Bonchev–Trinajstić information content (AvgIpc) is 2.17. The Morgan fingerprint density at radius 3 is 2.83 bits per heavy atom. The number of rotatable bonds is 2.